The maximum Gasteiger partial charge on any atom is 0.256 e. The zero-order chi connectivity index (χ0) is 7.11. The Bertz CT molecular complexity index is 103. The van der Waals surface area contributed by atoms with Gasteiger partial charge < -0.3 is 10.1 Å². The van der Waals surface area contributed by atoms with Gasteiger partial charge in [0.1, 0.15) is 0 Å². The third kappa shape index (κ3) is 5.30. The summed E-state index contributed by atoms with van der Waals surface area (Å²) in [6.07, 6.45) is 1.71. The van der Waals surface area contributed by atoms with Crippen molar-refractivity contribution in [3.05, 3.63) is 19.6 Å². The van der Waals surface area contributed by atoms with Crippen molar-refractivity contribution in [1.29, 1.82) is 0 Å². The number of hydrogen-bond donors (Lipinski definition) is 1. The molecule has 0 saturated carbocycles. The number of rotatable bonds is 3. The van der Waals surface area contributed by atoms with Crippen LogP contribution in [0.3, 0.4) is 0 Å². The van der Waals surface area contributed by atoms with Crippen LogP contribution in [0.4, 0.5) is 0 Å². The fourth-order valence-electron chi connectivity index (χ4n) is 0.299. The molecule has 0 aliphatic rings. The Hall–Kier alpha value is -0.570. The van der Waals surface area contributed by atoms with E-state index in [9.17, 15) is 0 Å². The lowest BCUT2D eigenvalue weighted by Crippen LogP contribution is -2.23. The van der Waals surface area contributed by atoms with E-state index in [1.165, 1.54) is 0 Å². The molecule has 3 heteroatoms. The highest BCUT2D eigenvalue weighted by atomic mass is 32.1. The second kappa shape index (κ2) is 5.56. The molecule has 0 aliphatic heterocycles. The van der Waals surface area contributed by atoms with Crippen LogP contribution in [-0.2, 0) is 4.74 Å². The number of thiocarbonyl (C=S) groups is 1. The SMILES string of the molecule is [CH2]COC(=S)NCC=C. The van der Waals surface area contributed by atoms with Gasteiger partial charge in [0.15, 0.2) is 0 Å². The Balaban J connectivity index is 3.16. The van der Waals surface area contributed by atoms with Crippen LogP contribution < -0.4 is 5.32 Å². The summed E-state index contributed by atoms with van der Waals surface area (Å²) in [4.78, 5) is 0. The molecule has 0 aliphatic carbocycles. The second-order valence-electron chi connectivity index (χ2n) is 1.31. The topological polar surface area (TPSA) is 21.3 Å². The molecule has 0 amide bonds. The van der Waals surface area contributed by atoms with Crippen LogP contribution in [0, 0.1) is 6.92 Å². The van der Waals surface area contributed by atoms with Crippen molar-refractivity contribution in [2.24, 2.45) is 0 Å². The van der Waals surface area contributed by atoms with Gasteiger partial charge in [-0.05, 0) is 19.1 Å². The molecule has 0 fully saturated rings. The molecular weight excluding hydrogens is 134 g/mol. The Morgan fingerprint density at radius 1 is 1.78 bits per heavy atom. The molecule has 1 radical (unpaired) electrons. The number of nitrogens with one attached hydrogen (secondary N) is 1. The van der Waals surface area contributed by atoms with Gasteiger partial charge in [0.25, 0.3) is 5.17 Å². The smallest absolute Gasteiger partial charge is 0.256 e. The molecule has 0 atom stereocenters. The molecule has 0 aromatic carbocycles. The van der Waals surface area contributed by atoms with Gasteiger partial charge in [-0.2, -0.15) is 0 Å². The fraction of sp³-hybridized carbons (Fsp3) is 0.333. The summed E-state index contributed by atoms with van der Waals surface area (Å²) < 4.78 is 4.81. The first kappa shape index (κ1) is 8.43. The van der Waals surface area contributed by atoms with Crippen LogP contribution >= 0.6 is 12.2 Å². The maximum absolute atomic E-state index is 4.81. The van der Waals surface area contributed by atoms with Gasteiger partial charge in [0.05, 0.1) is 6.61 Å². The van der Waals surface area contributed by atoms with Crippen molar-refractivity contribution in [2.45, 2.75) is 0 Å². The Kier molecular flexibility index (Phi) is 5.21. The third-order valence-corrected chi connectivity index (χ3v) is 0.886. The summed E-state index contributed by atoms with van der Waals surface area (Å²) in [5.41, 5.74) is 0. The Labute approximate surface area is 60.9 Å². The monoisotopic (exact) mass is 144 g/mol. The molecule has 0 bridgehead atoms. The molecule has 0 aromatic rings. The van der Waals surface area contributed by atoms with Gasteiger partial charge in [-0.3, -0.25) is 0 Å². The molecule has 0 aromatic heterocycles. The first-order valence-electron chi connectivity index (χ1n) is 2.62. The summed E-state index contributed by atoms with van der Waals surface area (Å²) in [6, 6.07) is 0. The summed E-state index contributed by atoms with van der Waals surface area (Å²) in [6.45, 7) is 7.96. The molecule has 1 N–H and O–H groups in total. The van der Waals surface area contributed by atoms with E-state index >= 15 is 0 Å². The van der Waals surface area contributed by atoms with E-state index in [2.05, 4.69) is 18.8 Å². The van der Waals surface area contributed by atoms with Crippen molar-refractivity contribution >= 4 is 17.4 Å². The summed E-state index contributed by atoms with van der Waals surface area (Å²) in [5, 5.41) is 3.16. The van der Waals surface area contributed by atoms with E-state index in [4.69, 9.17) is 17.0 Å². The van der Waals surface area contributed by atoms with E-state index < -0.39 is 0 Å². The highest BCUT2D eigenvalue weighted by Gasteiger charge is 1.88. The van der Waals surface area contributed by atoms with Crippen molar-refractivity contribution < 1.29 is 4.74 Å². The third-order valence-electron chi connectivity index (χ3n) is 0.624. The van der Waals surface area contributed by atoms with Crippen LogP contribution in [-0.4, -0.2) is 18.3 Å². The largest absolute Gasteiger partial charge is 0.471 e. The molecule has 0 heterocycles. The number of hydrogen-bond acceptors (Lipinski definition) is 2. The first-order chi connectivity index (χ1) is 4.31. The lowest BCUT2D eigenvalue weighted by Gasteiger charge is -2.03. The summed E-state index contributed by atoms with van der Waals surface area (Å²) in [5.74, 6) is 0. The van der Waals surface area contributed by atoms with E-state index in [1.807, 2.05) is 0 Å². The summed E-state index contributed by atoms with van der Waals surface area (Å²) >= 11 is 4.70. The molecule has 0 saturated heterocycles. The highest BCUT2D eigenvalue weighted by Crippen LogP contribution is 1.75. The molecule has 0 spiro atoms. The van der Waals surface area contributed by atoms with Crippen LogP contribution in [0.15, 0.2) is 12.7 Å². The molecule has 0 rings (SSSR count). The molecule has 51 valence electrons. The minimum absolute atomic E-state index is 0.364. The standard InChI is InChI=1S/C6H10NOS/c1-3-5-7-6(9)8-4-2/h3H,1-2,4-5H2,(H,7,9). The lowest BCUT2D eigenvalue weighted by molar-refractivity contribution is 0.342. The molecule has 2 nitrogen and oxygen atoms in total. The van der Waals surface area contributed by atoms with E-state index in [0.29, 0.717) is 18.3 Å². The Morgan fingerprint density at radius 3 is 2.89 bits per heavy atom. The Morgan fingerprint density at radius 2 is 2.44 bits per heavy atom. The van der Waals surface area contributed by atoms with E-state index in [1.54, 1.807) is 6.08 Å². The zero-order valence-electron chi connectivity index (χ0n) is 5.22. The minimum Gasteiger partial charge on any atom is -0.471 e. The normalized spacial score (nSPS) is 8.11. The summed E-state index contributed by atoms with van der Waals surface area (Å²) in [7, 11) is 0. The first-order valence-corrected chi connectivity index (χ1v) is 3.03. The second-order valence-corrected chi connectivity index (χ2v) is 1.68. The predicted octanol–water partition coefficient (Wildman–Crippen LogP) is 0.898. The average Bonchev–Trinajstić information content (AvgIpc) is 1.85. The van der Waals surface area contributed by atoms with Crippen molar-refractivity contribution in [1.82, 2.24) is 5.32 Å². The van der Waals surface area contributed by atoms with Crippen LogP contribution in [0.1, 0.15) is 0 Å². The van der Waals surface area contributed by atoms with Crippen LogP contribution in [0.25, 0.3) is 0 Å². The zero-order valence-corrected chi connectivity index (χ0v) is 6.04. The molecular formula is C6H10NOS. The van der Waals surface area contributed by atoms with Crippen molar-refractivity contribution in [3.8, 4) is 0 Å². The van der Waals surface area contributed by atoms with E-state index in [-0.39, 0.29) is 0 Å². The van der Waals surface area contributed by atoms with Crippen molar-refractivity contribution in [3.63, 3.8) is 0 Å². The average molecular weight is 144 g/mol. The molecule has 9 heavy (non-hydrogen) atoms. The maximum atomic E-state index is 4.81. The molecule has 0 unspecified atom stereocenters. The fourth-order valence-corrected chi connectivity index (χ4v) is 0.466. The van der Waals surface area contributed by atoms with Gasteiger partial charge in [-0.1, -0.05) is 6.08 Å². The number of ether oxygens (including phenoxy) is 1. The van der Waals surface area contributed by atoms with Gasteiger partial charge in [0, 0.05) is 6.54 Å². The van der Waals surface area contributed by atoms with Gasteiger partial charge in [-0.15, -0.1) is 6.58 Å². The minimum atomic E-state index is 0.364. The lowest BCUT2D eigenvalue weighted by atomic mass is 10.6. The van der Waals surface area contributed by atoms with Crippen LogP contribution in [0.2, 0.25) is 0 Å². The van der Waals surface area contributed by atoms with Crippen LogP contribution in [0.5, 0.6) is 0 Å². The highest BCUT2D eigenvalue weighted by molar-refractivity contribution is 7.80. The van der Waals surface area contributed by atoms with Crippen molar-refractivity contribution in [2.75, 3.05) is 13.2 Å². The quantitative estimate of drug-likeness (QED) is 0.469. The predicted molar refractivity (Wildman–Crippen MR) is 42.1 cm³/mol. The van der Waals surface area contributed by atoms with E-state index in [0.717, 1.165) is 0 Å². The van der Waals surface area contributed by atoms with Gasteiger partial charge in [-0.25, -0.2) is 0 Å². The van der Waals surface area contributed by atoms with Gasteiger partial charge >= 0.3 is 0 Å². The van der Waals surface area contributed by atoms with Gasteiger partial charge in [0.2, 0.25) is 0 Å².